The van der Waals surface area contributed by atoms with Crippen molar-refractivity contribution in [3.63, 3.8) is 0 Å². The first-order valence-electron chi connectivity index (χ1n) is 7.74. The number of hydrogen-bond acceptors (Lipinski definition) is 3. The monoisotopic (exact) mass is 309 g/mol. The van der Waals surface area contributed by atoms with Crippen LogP contribution in [0.15, 0.2) is 59.6 Å². The van der Waals surface area contributed by atoms with Crippen molar-refractivity contribution in [1.82, 2.24) is 0 Å². The van der Waals surface area contributed by atoms with Gasteiger partial charge in [0, 0.05) is 18.4 Å². The Balaban J connectivity index is 1.96. The smallest absolute Gasteiger partial charge is 0.155 e. The molecule has 2 aromatic rings. The Kier molecular flexibility index (Phi) is 3.35. The van der Waals surface area contributed by atoms with Gasteiger partial charge in [-0.1, -0.05) is 48.5 Å². The van der Waals surface area contributed by atoms with Gasteiger partial charge in [0.1, 0.15) is 0 Å². The van der Waals surface area contributed by atoms with Crippen LogP contribution in [0.3, 0.4) is 0 Å². The van der Waals surface area contributed by atoms with E-state index < -0.39 is 0 Å². The number of para-hydroxylation sites is 1. The standard InChI is InChI=1S/C19H19NOS/c1-18(15-8-3-2-4-9-15)14-20-17-11-6-5-10-16(17)19(18)21-12-7-13-22-19/h2-6,8-11,14H,7,12-13H2,1H3/t18-,19+/m0/s1. The summed E-state index contributed by atoms with van der Waals surface area (Å²) in [4.78, 5) is 4.37. The van der Waals surface area contributed by atoms with Gasteiger partial charge < -0.3 is 4.74 Å². The van der Waals surface area contributed by atoms with Crippen molar-refractivity contribution < 1.29 is 4.74 Å². The Morgan fingerprint density at radius 1 is 1.05 bits per heavy atom. The van der Waals surface area contributed by atoms with Crippen LogP contribution in [0.1, 0.15) is 24.5 Å². The van der Waals surface area contributed by atoms with E-state index in [4.69, 9.17) is 9.73 Å². The molecule has 2 heterocycles. The van der Waals surface area contributed by atoms with E-state index in [-0.39, 0.29) is 10.3 Å². The summed E-state index contributed by atoms with van der Waals surface area (Å²) in [5.74, 6) is 1.12. The van der Waals surface area contributed by atoms with Crippen molar-refractivity contribution in [3.05, 3.63) is 65.7 Å². The third-order valence-electron chi connectivity index (χ3n) is 4.68. The molecule has 1 saturated heterocycles. The number of thioether (sulfide) groups is 1. The molecular weight excluding hydrogens is 290 g/mol. The maximum atomic E-state index is 6.47. The predicted molar refractivity (Wildman–Crippen MR) is 93.1 cm³/mol. The Hall–Kier alpha value is -1.58. The van der Waals surface area contributed by atoms with Crippen LogP contribution in [0.5, 0.6) is 0 Å². The Labute approximate surface area is 135 Å². The lowest BCUT2D eigenvalue weighted by molar-refractivity contribution is -0.0162. The van der Waals surface area contributed by atoms with Crippen molar-refractivity contribution in [2.75, 3.05) is 12.4 Å². The van der Waals surface area contributed by atoms with Gasteiger partial charge in [-0.15, -0.1) is 11.8 Å². The lowest BCUT2D eigenvalue weighted by Crippen LogP contribution is -2.51. The summed E-state index contributed by atoms with van der Waals surface area (Å²) in [6.07, 6.45) is 3.19. The number of hydrogen-bond donors (Lipinski definition) is 0. The predicted octanol–water partition coefficient (Wildman–Crippen LogP) is 4.67. The van der Waals surface area contributed by atoms with Crippen molar-refractivity contribution in [2.45, 2.75) is 23.7 Å². The van der Waals surface area contributed by atoms with Gasteiger partial charge in [0.2, 0.25) is 0 Å². The summed E-state index contributed by atoms with van der Waals surface area (Å²) < 4.78 is 6.47. The van der Waals surface area contributed by atoms with Gasteiger partial charge in [0.25, 0.3) is 0 Å². The van der Waals surface area contributed by atoms with E-state index in [0.29, 0.717) is 0 Å². The minimum Gasteiger partial charge on any atom is -0.359 e. The van der Waals surface area contributed by atoms with Gasteiger partial charge in [-0.25, -0.2) is 0 Å². The normalized spacial score (nSPS) is 30.2. The molecule has 0 saturated carbocycles. The molecule has 0 aliphatic carbocycles. The summed E-state index contributed by atoms with van der Waals surface area (Å²) in [6.45, 7) is 3.05. The van der Waals surface area contributed by atoms with E-state index in [1.54, 1.807) is 0 Å². The molecule has 22 heavy (non-hydrogen) atoms. The maximum Gasteiger partial charge on any atom is 0.155 e. The van der Waals surface area contributed by atoms with Crippen molar-refractivity contribution in [2.24, 2.45) is 4.99 Å². The molecule has 0 unspecified atom stereocenters. The largest absolute Gasteiger partial charge is 0.359 e. The second-order valence-corrected chi connectivity index (χ2v) is 7.28. The van der Waals surface area contributed by atoms with E-state index in [0.717, 1.165) is 24.5 Å². The Morgan fingerprint density at radius 3 is 2.59 bits per heavy atom. The van der Waals surface area contributed by atoms with Crippen LogP contribution >= 0.6 is 11.8 Å². The molecule has 4 rings (SSSR count). The summed E-state index contributed by atoms with van der Waals surface area (Å²) in [5.41, 5.74) is 3.22. The fourth-order valence-corrected chi connectivity index (χ4v) is 4.98. The third kappa shape index (κ3) is 1.89. The highest BCUT2D eigenvalue weighted by Crippen LogP contribution is 2.57. The van der Waals surface area contributed by atoms with Gasteiger partial charge in [0.05, 0.1) is 11.1 Å². The number of ether oxygens (including phenoxy) is 1. The van der Waals surface area contributed by atoms with Crippen molar-refractivity contribution in [1.29, 1.82) is 0 Å². The summed E-state index contributed by atoms with van der Waals surface area (Å²) in [7, 11) is 0. The van der Waals surface area contributed by atoms with Crippen LogP contribution < -0.4 is 0 Å². The van der Waals surface area contributed by atoms with Crippen LogP contribution in [0.25, 0.3) is 0 Å². The summed E-state index contributed by atoms with van der Waals surface area (Å²) in [5, 5.41) is 0. The fourth-order valence-electron chi connectivity index (χ4n) is 3.46. The van der Waals surface area contributed by atoms with Crippen LogP contribution in [-0.2, 0) is 15.1 Å². The number of nitrogens with zero attached hydrogens (tertiary/aromatic N) is 1. The molecular formula is C19H19NOS. The SMILES string of the molecule is C[C@@]1(c2ccccc2)C=Nc2ccccc2[C@]12OCCCS2. The zero-order valence-corrected chi connectivity index (χ0v) is 13.5. The van der Waals surface area contributed by atoms with E-state index in [9.17, 15) is 0 Å². The first kappa shape index (κ1) is 14.0. The van der Waals surface area contributed by atoms with Gasteiger partial charge in [0.15, 0.2) is 4.93 Å². The first-order valence-corrected chi connectivity index (χ1v) is 8.73. The molecule has 0 bridgehead atoms. The zero-order valence-electron chi connectivity index (χ0n) is 12.7. The number of benzene rings is 2. The molecule has 0 radical (unpaired) electrons. The first-order chi connectivity index (χ1) is 10.8. The molecule has 2 nitrogen and oxygen atoms in total. The van der Waals surface area contributed by atoms with Crippen molar-refractivity contribution >= 4 is 23.7 Å². The second kappa shape index (κ2) is 5.25. The minimum absolute atomic E-state index is 0.270. The average molecular weight is 309 g/mol. The lowest BCUT2D eigenvalue weighted by atomic mass is 9.73. The number of rotatable bonds is 1. The van der Waals surface area contributed by atoms with Crippen LogP contribution in [0, 0.1) is 0 Å². The molecule has 0 aromatic heterocycles. The van der Waals surface area contributed by atoms with Crippen molar-refractivity contribution in [3.8, 4) is 0 Å². The van der Waals surface area contributed by atoms with Crippen LogP contribution in [0.4, 0.5) is 5.69 Å². The van der Waals surface area contributed by atoms with E-state index >= 15 is 0 Å². The molecule has 3 heteroatoms. The van der Waals surface area contributed by atoms with E-state index in [2.05, 4.69) is 61.7 Å². The molecule has 2 aliphatic rings. The fraction of sp³-hybridized carbons (Fsp3) is 0.316. The quantitative estimate of drug-likeness (QED) is 0.763. The van der Waals surface area contributed by atoms with Gasteiger partial charge in [-0.2, -0.15) is 0 Å². The maximum absolute atomic E-state index is 6.47. The number of aliphatic imine (C=N–C) groups is 1. The zero-order chi connectivity index (χ0) is 15.0. The molecule has 1 fully saturated rings. The van der Waals surface area contributed by atoms with E-state index in [1.165, 1.54) is 11.1 Å². The Bertz CT molecular complexity index is 706. The third-order valence-corrected chi connectivity index (χ3v) is 6.34. The lowest BCUT2D eigenvalue weighted by Gasteiger charge is -2.50. The molecule has 112 valence electrons. The van der Waals surface area contributed by atoms with Gasteiger partial charge in [-0.05, 0) is 30.7 Å². The molecule has 2 atom stereocenters. The summed E-state index contributed by atoms with van der Waals surface area (Å²) >= 11 is 1.92. The van der Waals surface area contributed by atoms with Crippen LogP contribution in [-0.4, -0.2) is 18.6 Å². The molecule has 0 amide bonds. The highest BCUT2D eigenvalue weighted by Gasteiger charge is 2.55. The van der Waals surface area contributed by atoms with Gasteiger partial charge >= 0.3 is 0 Å². The molecule has 0 N–H and O–H groups in total. The van der Waals surface area contributed by atoms with Gasteiger partial charge in [-0.3, -0.25) is 4.99 Å². The molecule has 1 spiro atoms. The summed E-state index contributed by atoms with van der Waals surface area (Å²) in [6, 6.07) is 19.0. The second-order valence-electron chi connectivity index (χ2n) is 6.01. The minimum atomic E-state index is -0.384. The Morgan fingerprint density at radius 2 is 1.82 bits per heavy atom. The molecule has 2 aliphatic heterocycles. The average Bonchev–Trinajstić information content (AvgIpc) is 2.60. The topological polar surface area (TPSA) is 21.6 Å². The highest BCUT2D eigenvalue weighted by molar-refractivity contribution is 8.00. The molecule has 2 aromatic carbocycles. The number of fused-ring (bicyclic) bond motifs is 2. The highest BCUT2D eigenvalue weighted by atomic mass is 32.2. The van der Waals surface area contributed by atoms with Crippen LogP contribution in [0.2, 0.25) is 0 Å². The van der Waals surface area contributed by atoms with E-state index in [1.807, 2.05) is 17.8 Å².